The molecule has 0 heterocycles. The summed E-state index contributed by atoms with van der Waals surface area (Å²) in [6, 6.07) is 3.96. The highest BCUT2D eigenvalue weighted by atomic mass is 16.1. The van der Waals surface area contributed by atoms with Crippen molar-refractivity contribution in [1.82, 2.24) is 0 Å². The Kier molecular flexibility index (Phi) is 2.01. The van der Waals surface area contributed by atoms with Crippen molar-refractivity contribution in [3.8, 4) is 0 Å². The SMILES string of the molecule is CC1(C)CC(=O)c2cc3c(cc21)C(C)(C)CC3=O. The van der Waals surface area contributed by atoms with E-state index in [2.05, 4.69) is 33.8 Å². The van der Waals surface area contributed by atoms with Crippen LogP contribution in [0.15, 0.2) is 12.1 Å². The highest BCUT2D eigenvalue weighted by molar-refractivity contribution is 6.08. The summed E-state index contributed by atoms with van der Waals surface area (Å²) in [5.41, 5.74) is 3.59. The van der Waals surface area contributed by atoms with E-state index in [1.807, 2.05) is 6.07 Å². The largest absolute Gasteiger partial charge is 0.294 e. The van der Waals surface area contributed by atoms with Crippen LogP contribution in [0.25, 0.3) is 0 Å². The van der Waals surface area contributed by atoms with Gasteiger partial charge in [-0.3, -0.25) is 9.59 Å². The van der Waals surface area contributed by atoms with Gasteiger partial charge in [-0.05, 0) is 28.0 Å². The molecule has 0 radical (unpaired) electrons. The van der Waals surface area contributed by atoms with Gasteiger partial charge in [-0.2, -0.15) is 0 Å². The quantitative estimate of drug-likeness (QED) is 0.698. The Bertz CT molecular complexity index is 542. The summed E-state index contributed by atoms with van der Waals surface area (Å²) in [6.45, 7) is 8.42. The van der Waals surface area contributed by atoms with Crippen LogP contribution in [-0.4, -0.2) is 11.6 Å². The van der Waals surface area contributed by atoms with Crippen LogP contribution < -0.4 is 0 Å². The molecule has 0 bridgehead atoms. The first kappa shape index (κ1) is 11.6. The maximum atomic E-state index is 12.0. The fourth-order valence-corrected chi connectivity index (χ4v) is 3.36. The van der Waals surface area contributed by atoms with Crippen LogP contribution in [0.1, 0.15) is 72.4 Å². The Morgan fingerprint density at radius 1 is 0.778 bits per heavy atom. The Morgan fingerprint density at radius 3 is 1.56 bits per heavy atom. The average molecular weight is 242 g/mol. The van der Waals surface area contributed by atoms with Crippen molar-refractivity contribution in [3.05, 3.63) is 34.4 Å². The fourth-order valence-electron chi connectivity index (χ4n) is 3.36. The lowest BCUT2D eigenvalue weighted by Gasteiger charge is -2.22. The standard InChI is InChI=1S/C16H18O2/c1-15(2)7-13(17)9-5-10-12(6-11(9)15)16(3,4)8-14(10)18/h5-6H,7-8H2,1-4H3. The summed E-state index contributed by atoms with van der Waals surface area (Å²) in [5, 5.41) is 0. The molecule has 2 aliphatic rings. The number of fused-ring (bicyclic) bond motifs is 2. The van der Waals surface area contributed by atoms with Crippen LogP contribution in [0.2, 0.25) is 0 Å². The van der Waals surface area contributed by atoms with Crippen molar-refractivity contribution in [3.63, 3.8) is 0 Å². The van der Waals surface area contributed by atoms with E-state index in [0.717, 1.165) is 22.3 Å². The Labute approximate surface area is 107 Å². The van der Waals surface area contributed by atoms with E-state index < -0.39 is 0 Å². The molecular formula is C16H18O2. The Balaban J connectivity index is 2.31. The molecule has 0 aromatic heterocycles. The molecule has 0 amide bonds. The van der Waals surface area contributed by atoms with Gasteiger partial charge in [0, 0.05) is 24.0 Å². The number of carbonyl (C=O) groups is 2. The normalized spacial score (nSPS) is 23.1. The molecule has 1 aromatic carbocycles. The molecule has 2 aliphatic carbocycles. The van der Waals surface area contributed by atoms with Gasteiger partial charge in [-0.25, -0.2) is 0 Å². The van der Waals surface area contributed by atoms with Crippen LogP contribution in [0.3, 0.4) is 0 Å². The molecule has 0 fully saturated rings. The van der Waals surface area contributed by atoms with Crippen LogP contribution in [0.4, 0.5) is 0 Å². The lowest BCUT2D eigenvalue weighted by Crippen LogP contribution is -2.16. The van der Waals surface area contributed by atoms with Gasteiger partial charge in [0.05, 0.1) is 0 Å². The number of rotatable bonds is 0. The van der Waals surface area contributed by atoms with Crippen LogP contribution in [0.5, 0.6) is 0 Å². The third kappa shape index (κ3) is 1.35. The molecule has 2 nitrogen and oxygen atoms in total. The maximum absolute atomic E-state index is 12.0. The Hall–Kier alpha value is -1.44. The summed E-state index contributed by atoms with van der Waals surface area (Å²) in [4.78, 5) is 24.1. The first-order valence-corrected chi connectivity index (χ1v) is 6.48. The van der Waals surface area contributed by atoms with E-state index in [4.69, 9.17) is 0 Å². The average Bonchev–Trinajstić information content (AvgIpc) is 2.59. The van der Waals surface area contributed by atoms with E-state index in [-0.39, 0.29) is 22.4 Å². The highest BCUT2D eigenvalue weighted by Gasteiger charge is 2.42. The van der Waals surface area contributed by atoms with Gasteiger partial charge in [-0.15, -0.1) is 0 Å². The molecule has 0 saturated heterocycles. The first-order chi connectivity index (χ1) is 8.22. The minimum Gasteiger partial charge on any atom is -0.294 e. The zero-order valence-electron chi connectivity index (χ0n) is 11.4. The van der Waals surface area contributed by atoms with Gasteiger partial charge in [0.25, 0.3) is 0 Å². The molecule has 3 rings (SSSR count). The zero-order chi connectivity index (χ0) is 13.3. The highest BCUT2D eigenvalue weighted by Crippen LogP contribution is 2.45. The second kappa shape index (κ2) is 3.11. The van der Waals surface area contributed by atoms with Gasteiger partial charge in [-0.1, -0.05) is 33.8 Å². The monoisotopic (exact) mass is 242 g/mol. The van der Waals surface area contributed by atoms with Gasteiger partial charge in [0.15, 0.2) is 11.6 Å². The number of hydrogen-bond donors (Lipinski definition) is 0. The maximum Gasteiger partial charge on any atom is 0.164 e. The number of ketones is 2. The van der Waals surface area contributed by atoms with Crippen LogP contribution in [-0.2, 0) is 10.8 Å². The molecule has 0 N–H and O–H groups in total. The molecule has 2 heteroatoms. The summed E-state index contributed by atoms with van der Waals surface area (Å²) in [7, 11) is 0. The predicted octanol–water partition coefficient (Wildman–Crippen LogP) is 3.41. The molecular weight excluding hydrogens is 224 g/mol. The second-order valence-corrected chi connectivity index (χ2v) is 6.91. The lowest BCUT2D eigenvalue weighted by molar-refractivity contribution is 0.0976. The van der Waals surface area contributed by atoms with Crippen molar-refractivity contribution in [1.29, 1.82) is 0 Å². The van der Waals surface area contributed by atoms with Crippen molar-refractivity contribution in [2.45, 2.75) is 51.4 Å². The van der Waals surface area contributed by atoms with Gasteiger partial charge >= 0.3 is 0 Å². The van der Waals surface area contributed by atoms with Gasteiger partial charge < -0.3 is 0 Å². The minimum atomic E-state index is -0.0941. The number of carbonyl (C=O) groups excluding carboxylic acids is 2. The topological polar surface area (TPSA) is 34.1 Å². The van der Waals surface area contributed by atoms with E-state index in [1.54, 1.807) is 0 Å². The molecule has 0 unspecified atom stereocenters. The lowest BCUT2D eigenvalue weighted by atomic mass is 9.81. The first-order valence-electron chi connectivity index (χ1n) is 6.48. The van der Waals surface area contributed by atoms with Gasteiger partial charge in [0.2, 0.25) is 0 Å². The van der Waals surface area contributed by atoms with Crippen LogP contribution >= 0.6 is 0 Å². The van der Waals surface area contributed by atoms with E-state index >= 15 is 0 Å². The summed E-state index contributed by atoms with van der Waals surface area (Å²) >= 11 is 0. The molecule has 1 aromatic rings. The molecule has 0 aliphatic heterocycles. The number of benzene rings is 1. The molecule has 0 saturated carbocycles. The molecule has 18 heavy (non-hydrogen) atoms. The predicted molar refractivity (Wildman–Crippen MR) is 70.4 cm³/mol. The van der Waals surface area contributed by atoms with E-state index in [9.17, 15) is 9.59 Å². The number of Topliss-reactive ketones (excluding diaryl/α,β-unsaturated/α-hetero) is 2. The van der Waals surface area contributed by atoms with E-state index in [1.165, 1.54) is 0 Å². The van der Waals surface area contributed by atoms with Crippen molar-refractivity contribution < 1.29 is 9.59 Å². The smallest absolute Gasteiger partial charge is 0.164 e. The van der Waals surface area contributed by atoms with Crippen molar-refractivity contribution in [2.75, 3.05) is 0 Å². The van der Waals surface area contributed by atoms with Crippen molar-refractivity contribution >= 4 is 11.6 Å². The van der Waals surface area contributed by atoms with Crippen molar-refractivity contribution in [2.24, 2.45) is 0 Å². The summed E-state index contributed by atoms with van der Waals surface area (Å²) in [6.07, 6.45) is 1.11. The molecule has 94 valence electrons. The summed E-state index contributed by atoms with van der Waals surface area (Å²) < 4.78 is 0. The second-order valence-electron chi connectivity index (χ2n) is 6.91. The minimum absolute atomic E-state index is 0.0941. The third-order valence-electron chi connectivity index (χ3n) is 4.42. The third-order valence-corrected chi connectivity index (χ3v) is 4.42. The van der Waals surface area contributed by atoms with Crippen LogP contribution in [0, 0.1) is 0 Å². The fraction of sp³-hybridized carbons (Fsp3) is 0.500. The summed E-state index contributed by atoms with van der Waals surface area (Å²) in [5.74, 6) is 0.352. The Morgan fingerprint density at radius 2 is 1.17 bits per heavy atom. The van der Waals surface area contributed by atoms with E-state index in [0.29, 0.717) is 12.8 Å². The number of hydrogen-bond acceptors (Lipinski definition) is 2. The molecule has 0 spiro atoms. The zero-order valence-corrected chi connectivity index (χ0v) is 11.4. The van der Waals surface area contributed by atoms with Gasteiger partial charge in [0.1, 0.15) is 0 Å². The molecule has 0 atom stereocenters.